The lowest BCUT2D eigenvalue weighted by Crippen LogP contribution is -2.13. The summed E-state index contributed by atoms with van der Waals surface area (Å²) in [4.78, 5) is 25.8. The van der Waals surface area contributed by atoms with E-state index in [9.17, 15) is 14.9 Å². The van der Waals surface area contributed by atoms with Crippen LogP contribution in [0.2, 0.25) is 0 Å². The number of anilines is 1. The molecule has 0 fully saturated rings. The molecule has 6 heteroatoms. The molecular formula is C10H9N3O3. The lowest BCUT2D eigenvalue weighted by Gasteiger charge is -2.04. The van der Waals surface area contributed by atoms with Crippen molar-refractivity contribution in [1.82, 2.24) is 0 Å². The number of hydrogen-bond acceptors (Lipinski definition) is 4. The maximum Gasteiger partial charge on any atom is 0.294 e. The number of hydrogen-bond donors (Lipinski definition) is 1. The SMILES string of the molecule is CC1=Nc2cccc([N+](=O)[O-])c2NC(=O)C1. The number of carbonyl (C=O) groups is 1. The molecule has 16 heavy (non-hydrogen) atoms. The average Bonchev–Trinajstić information content (AvgIpc) is 2.33. The third-order valence-corrected chi connectivity index (χ3v) is 2.21. The average molecular weight is 219 g/mol. The molecule has 0 saturated heterocycles. The molecule has 1 aromatic carbocycles. The van der Waals surface area contributed by atoms with Gasteiger partial charge in [-0.2, -0.15) is 0 Å². The number of aliphatic imine (C=N–C) groups is 1. The van der Waals surface area contributed by atoms with Crippen LogP contribution in [0.1, 0.15) is 13.3 Å². The molecule has 0 radical (unpaired) electrons. The normalized spacial score (nSPS) is 14.6. The Morgan fingerprint density at radius 2 is 2.25 bits per heavy atom. The molecule has 2 rings (SSSR count). The van der Waals surface area contributed by atoms with Crippen molar-refractivity contribution in [3.63, 3.8) is 0 Å². The summed E-state index contributed by atoms with van der Waals surface area (Å²) in [5.41, 5.74) is 1.10. The number of rotatable bonds is 1. The van der Waals surface area contributed by atoms with E-state index in [0.29, 0.717) is 11.4 Å². The summed E-state index contributed by atoms with van der Waals surface area (Å²) in [7, 11) is 0. The number of amides is 1. The summed E-state index contributed by atoms with van der Waals surface area (Å²) in [6, 6.07) is 4.53. The topological polar surface area (TPSA) is 84.6 Å². The number of fused-ring (bicyclic) bond motifs is 1. The maximum atomic E-state index is 11.4. The molecular weight excluding hydrogens is 210 g/mol. The molecule has 0 saturated carbocycles. The molecule has 1 N–H and O–H groups in total. The van der Waals surface area contributed by atoms with Crippen molar-refractivity contribution < 1.29 is 9.72 Å². The fraction of sp³-hybridized carbons (Fsp3) is 0.200. The second-order valence-electron chi connectivity index (χ2n) is 3.50. The van der Waals surface area contributed by atoms with Crippen LogP contribution >= 0.6 is 0 Å². The molecule has 0 aliphatic carbocycles. The smallest absolute Gasteiger partial charge is 0.294 e. The Bertz CT molecular complexity index is 508. The van der Waals surface area contributed by atoms with Gasteiger partial charge in [-0.3, -0.25) is 19.9 Å². The summed E-state index contributed by atoms with van der Waals surface area (Å²) in [6.45, 7) is 1.72. The second-order valence-corrected chi connectivity index (χ2v) is 3.50. The van der Waals surface area contributed by atoms with Gasteiger partial charge >= 0.3 is 0 Å². The van der Waals surface area contributed by atoms with Crippen LogP contribution in [0, 0.1) is 10.1 Å². The Labute approximate surface area is 91.1 Å². The third kappa shape index (κ3) is 1.77. The molecule has 1 aliphatic heterocycles. The van der Waals surface area contributed by atoms with Crippen molar-refractivity contribution in [3.05, 3.63) is 28.3 Å². The van der Waals surface area contributed by atoms with Crippen LogP contribution < -0.4 is 5.32 Å². The zero-order valence-electron chi connectivity index (χ0n) is 8.56. The molecule has 6 nitrogen and oxygen atoms in total. The number of carbonyl (C=O) groups excluding carboxylic acids is 1. The molecule has 0 unspecified atom stereocenters. The van der Waals surface area contributed by atoms with Gasteiger partial charge < -0.3 is 5.32 Å². The summed E-state index contributed by atoms with van der Waals surface area (Å²) in [5.74, 6) is -0.283. The summed E-state index contributed by atoms with van der Waals surface area (Å²) in [6.07, 6.45) is 0.159. The van der Waals surface area contributed by atoms with E-state index in [0.717, 1.165) is 0 Å². The van der Waals surface area contributed by atoms with Gasteiger partial charge in [-0.1, -0.05) is 6.07 Å². The van der Waals surface area contributed by atoms with Crippen molar-refractivity contribution in [3.8, 4) is 0 Å². The van der Waals surface area contributed by atoms with Crippen molar-refractivity contribution >= 4 is 28.7 Å². The number of nitrogens with zero attached hydrogens (tertiary/aromatic N) is 2. The van der Waals surface area contributed by atoms with Gasteiger partial charge in [-0.25, -0.2) is 0 Å². The lowest BCUT2D eigenvalue weighted by atomic mass is 10.2. The van der Waals surface area contributed by atoms with Crippen LogP contribution in [0.3, 0.4) is 0 Å². The fourth-order valence-electron chi connectivity index (χ4n) is 1.56. The van der Waals surface area contributed by atoms with Gasteiger partial charge in [0.1, 0.15) is 5.69 Å². The van der Waals surface area contributed by atoms with Gasteiger partial charge in [0.25, 0.3) is 5.69 Å². The van der Waals surface area contributed by atoms with Crippen molar-refractivity contribution in [2.75, 3.05) is 5.32 Å². The molecule has 1 aromatic rings. The van der Waals surface area contributed by atoms with Crippen LogP contribution in [-0.4, -0.2) is 16.5 Å². The first kappa shape index (κ1) is 10.3. The minimum absolute atomic E-state index is 0.135. The monoisotopic (exact) mass is 219 g/mol. The highest BCUT2D eigenvalue weighted by Crippen LogP contribution is 2.35. The van der Waals surface area contributed by atoms with Crippen LogP contribution in [0.25, 0.3) is 0 Å². The highest BCUT2D eigenvalue weighted by atomic mass is 16.6. The van der Waals surface area contributed by atoms with E-state index in [2.05, 4.69) is 10.3 Å². The number of nitro groups is 1. The number of nitrogens with one attached hydrogen (secondary N) is 1. The fourth-order valence-corrected chi connectivity index (χ4v) is 1.56. The standard InChI is InChI=1S/C10H9N3O3/c1-6-5-9(14)12-10-7(11-6)3-2-4-8(10)13(15)16/h2-4H,5H2,1H3,(H,12,14). The van der Waals surface area contributed by atoms with Crippen molar-refractivity contribution in [2.24, 2.45) is 4.99 Å². The van der Waals surface area contributed by atoms with Gasteiger partial charge in [-0.05, 0) is 13.0 Å². The zero-order chi connectivity index (χ0) is 11.7. The molecule has 1 heterocycles. The first-order valence-electron chi connectivity index (χ1n) is 4.69. The zero-order valence-corrected chi connectivity index (χ0v) is 8.56. The van der Waals surface area contributed by atoms with Crippen molar-refractivity contribution in [1.29, 1.82) is 0 Å². The predicted molar refractivity (Wildman–Crippen MR) is 59.1 cm³/mol. The molecule has 1 amide bonds. The van der Waals surface area contributed by atoms with E-state index in [1.165, 1.54) is 6.07 Å². The summed E-state index contributed by atoms with van der Waals surface area (Å²) in [5, 5.41) is 13.3. The molecule has 0 atom stereocenters. The third-order valence-electron chi connectivity index (χ3n) is 2.21. The number of benzene rings is 1. The molecule has 0 bridgehead atoms. The van der Waals surface area contributed by atoms with E-state index < -0.39 is 4.92 Å². The van der Waals surface area contributed by atoms with Gasteiger partial charge in [0, 0.05) is 11.8 Å². The predicted octanol–water partition coefficient (Wildman–Crippen LogP) is 2.03. The molecule has 82 valence electrons. The Kier molecular flexibility index (Phi) is 2.40. The molecule has 0 spiro atoms. The summed E-state index contributed by atoms with van der Waals surface area (Å²) < 4.78 is 0. The van der Waals surface area contributed by atoms with Gasteiger partial charge in [0.05, 0.1) is 17.0 Å². The van der Waals surface area contributed by atoms with E-state index in [1.807, 2.05) is 0 Å². The first-order chi connectivity index (χ1) is 7.58. The largest absolute Gasteiger partial charge is 0.318 e. The Balaban J connectivity index is 2.63. The maximum absolute atomic E-state index is 11.4. The Morgan fingerprint density at radius 1 is 1.50 bits per heavy atom. The van der Waals surface area contributed by atoms with Crippen LogP contribution in [-0.2, 0) is 4.79 Å². The number of nitro benzene ring substituents is 1. The minimum atomic E-state index is -0.532. The van der Waals surface area contributed by atoms with Gasteiger partial charge in [-0.15, -0.1) is 0 Å². The van der Waals surface area contributed by atoms with E-state index in [-0.39, 0.29) is 23.7 Å². The summed E-state index contributed by atoms with van der Waals surface area (Å²) >= 11 is 0. The van der Waals surface area contributed by atoms with Crippen LogP contribution in [0.15, 0.2) is 23.2 Å². The highest BCUT2D eigenvalue weighted by Gasteiger charge is 2.22. The Hall–Kier alpha value is -2.24. The first-order valence-corrected chi connectivity index (χ1v) is 4.69. The number of para-hydroxylation sites is 1. The van der Waals surface area contributed by atoms with E-state index in [4.69, 9.17) is 0 Å². The van der Waals surface area contributed by atoms with E-state index >= 15 is 0 Å². The van der Waals surface area contributed by atoms with Gasteiger partial charge in [0.2, 0.25) is 5.91 Å². The minimum Gasteiger partial charge on any atom is -0.318 e. The van der Waals surface area contributed by atoms with Crippen LogP contribution in [0.4, 0.5) is 17.1 Å². The van der Waals surface area contributed by atoms with Crippen molar-refractivity contribution in [2.45, 2.75) is 13.3 Å². The van der Waals surface area contributed by atoms with E-state index in [1.54, 1.807) is 19.1 Å². The van der Waals surface area contributed by atoms with Crippen LogP contribution in [0.5, 0.6) is 0 Å². The highest BCUT2D eigenvalue weighted by molar-refractivity contribution is 6.11. The Morgan fingerprint density at radius 3 is 2.94 bits per heavy atom. The lowest BCUT2D eigenvalue weighted by molar-refractivity contribution is -0.383. The quantitative estimate of drug-likeness (QED) is 0.579. The van der Waals surface area contributed by atoms with Gasteiger partial charge in [0.15, 0.2) is 0 Å². The second kappa shape index (κ2) is 3.73. The molecule has 1 aliphatic rings. The molecule has 0 aromatic heterocycles.